The van der Waals surface area contributed by atoms with E-state index in [1.54, 1.807) is 24.5 Å². The van der Waals surface area contributed by atoms with Crippen molar-refractivity contribution in [3.8, 4) is 11.6 Å². The van der Waals surface area contributed by atoms with Gasteiger partial charge in [0.05, 0.1) is 6.10 Å². The molecule has 0 saturated heterocycles. The number of aromatic nitrogens is 2. The Bertz CT molecular complexity index is 875. The molecule has 2 heterocycles. The molecule has 8 heteroatoms. The number of anilines is 1. The fourth-order valence-corrected chi connectivity index (χ4v) is 2.99. The predicted molar refractivity (Wildman–Crippen MR) is 97.4 cm³/mol. The summed E-state index contributed by atoms with van der Waals surface area (Å²) in [7, 11) is 1.90. The van der Waals surface area contributed by atoms with E-state index in [2.05, 4.69) is 11.9 Å². The van der Waals surface area contributed by atoms with Crippen molar-refractivity contribution < 1.29 is 18.3 Å². The predicted octanol–water partition coefficient (Wildman–Crippen LogP) is 3.12. The second kappa shape index (κ2) is 7.54. The maximum absolute atomic E-state index is 14.1. The van der Waals surface area contributed by atoms with Gasteiger partial charge in [0.15, 0.2) is 17.4 Å². The van der Waals surface area contributed by atoms with Crippen LogP contribution in [-0.4, -0.2) is 28.7 Å². The summed E-state index contributed by atoms with van der Waals surface area (Å²) < 4.78 is 40.4. The van der Waals surface area contributed by atoms with Crippen molar-refractivity contribution in [1.82, 2.24) is 9.55 Å². The molecule has 0 spiro atoms. The average Bonchev–Trinajstić information content (AvgIpc) is 2.59. The topological polar surface area (TPSA) is 56.6 Å². The normalized spacial score (nSPS) is 16.4. The van der Waals surface area contributed by atoms with Crippen LogP contribution in [0, 0.1) is 11.6 Å². The molecule has 0 aliphatic carbocycles. The second-order valence-corrected chi connectivity index (χ2v) is 6.98. The maximum Gasteiger partial charge on any atom is 0.352 e. The fourth-order valence-electron chi connectivity index (χ4n) is 2.99. The van der Waals surface area contributed by atoms with Crippen LogP contribution in [0.15, 0.2) is 23.0 Å². The van der Waals surface area contributed by atoms with Crippen molar-refractivity contribution in [1.29, 1.82) is 0 Å². The highest BCUT2D eigenvalue weighted by Gasteiger charge is 2.22. The summed E-state index contributed by atoms with van der Waals surface area (Å²) in [6.45, 7) is 5.93. The number of nitrogens with zero attached hydrogens (tertiary/aromatic N) is 3. The van der Waals surface area contributed by atoms with E-state index in [4.69, 9.17) is 9.47 Å². The molecule has 1 unspecified atom stereocenters. The van der Waals surface area contributed by atoms with Crippen LogP contribution in [0.4, 0.5) is 14.6 Å². The van der Waals surface area contributed by atoms with Gasteiger partial charge in [-0.3, -0.25) is 4.57 Å². The van der Waals surface area contributed by atoms with Gasteiger partial charge in [-0.1, -0.05) is 0 Å². The molecule has 27 heavy (non-hydrogen) atoms. The van der Waals surface area contributed by atoms with Gasteiger partial charge in [-0.2, -0.15) is 4.98 Å². The van der Waals surface area contributed by atoms with Gasteiger partial charge in [-0.25, -0.2) is 13.6 Å². The summed E-state index contributed by atoms with van der Waals surface area (Å²) in [6.07, 6.45) is 0.511. The van der Waals surface area contributed by atoms with Crippen molar-refractivity contribution in [2.45, 2.75) is 52.5 Å². The Balaban J connectivity index is 1.80. The average molecular weight is 379 g/mol. The first-order valence-corrected chi connectivity index (χ1v) is 8.88. The van der Waals surface area contributed by atoms with E-state index in [1.165, 1.54) is 0 Å². The van der Waals surface area contributed by atoms with Gasteiger partial charge in [0.1, 0.15) is 12.4 Å². The number of fused-ring (bicyclic) bond motifs is 1. The van der Waals surface area contributed by atoms with Gasteiger partial charge in [0, 0.05) is 25.7 Å². The van der Waals surface area contributed by atoms with Crippen molar-refractivity contribution >= 4 is 5.82 Å². The molecule has 1 atom stereocenters. The van der Waals surface area contributed by atoms with E-state index in [0.29, 0.717) is 12.4 Å². The van der Waals surface area contributed by atoms with Crippen LogP contribution < -0.4 is 20.1 Å². The van der Waals surface area contributed by atoms with Crippen molar-refractivity contribution in [2.24, 2.45) is 0 Å². The third-order valence-electron chi connectivity index (χ3n) is 4.56. The minimum atomic E-state index is -0.797. The number of rotatable bonds is 5. The SMILES string of the molecule is CC(C)Oc1c(F)cc(COc2cc3n(c(=O)n2)CCC(C)N3C)cc1F. The summed E-state index contributed by atoms with van der Waals surface area (Å²) in [5, 5.41) is 0. The molecule has 0 radical (unpaired) electrons. The molecule has 0 fully saturated rings. The van der Waals surface area contributed by atoms with E-state index in [9.17, 15) is 13.6 Å². The lowest BCUT2D eigenvalue weighted by atomic mass is 10.1. The molecule has 1 aliphatic heterocycles. The summed E-state index contributed by atoms with van der Waals surface area (Å²) in [4.78, 5) is 18.1. The van der Waals surface area contributed by atoms with Crippen molar-refractivity contribution in [3.63, 3.8) is 0 Å². The monoisotopic (exact) mass is 379 g/mol. The molecule has 146 valence electrons. The lowest BCUT2D eigenvalue weighted by molar-refractivity contribution is 0.218. The Morgan fingerprint density at radius 2 is 1.93 bits per heavy atom. The van der Waals surface area contributed by atoms with Crippen LogP contribution in [0.25, 0.3) is 0 Å². The van der Waals surface area contributed by atoms with Crippen LogP contribution in [-0.2, 0) is 13.2 Å². The Morgan fingerprint density at radius 3 is 2.56 bits per heavy atom. The number of hydrogen-bond donors (Lipinski definition) is 0. The molecule has 0 bridgehead atoms. The molecule has 3 rings (SSSR count). The Kier molecular flexibility index (Phi) is 5.34. The minimum Gasteiger partial charge on any atom is -0.485 e. The molecule has 2 aromatic rings. The first-order valence-electron chi connectivity index (χ1n) is 8.88. The zero-order chi connectivity index (χ0) is 19.7. The van der Waals surface area contributed by atoms with E-state index in [-0.39, 0.29) is 30.2 Å². The van der Waals surface area contributed by atoms with Gasteiger partial charge in [-0.15, -0.1) is 0 Å². The molecule has 6 nitrogen and oxygen atoms in total. The van der Waals surface area contributed by atoms with Crippen molar-refractivity contribution in [2.75, 3.05) is 11.9 Å². The zero-order valence-electron chi connectivity index (χ0n) is 15.8. The highest BCUT2D eigenvalue weighted by atomic mass is 19.1. The van der Waals surface area contributed by atoms with Crippen LogP contribution in [0.3, 0.4) is 0 Å². The third kappa shape index (κ3) is 4.04. The molecule has 1 aliphatic rings. The van der Waals surface area contributed by atoms with E-state index in [1.807, 2.05) is 11.9 Å². The van der Waals surface area contributed by atoms with E-state index >= 15 is 0 Å². The van der Waals surface area contributed by atoms with Gasteiger partial charge in [-0.05, 0) is 44.9 Å². The molecular weight excluding hydrogens is 356 g/mol. The Morgan fingerprint density at radius 1 is 1.26 bits per heavy atom. The third-order valence-corrected chi connectivity index (χ3v) is 4.56. The molecule has 0 N–H and O–H groups in total. The van der Waals surface area contributed by atoms with E-state index < -0.39 is 23.1 Å². The standard InChI is InChI=1S/C19H23F2N3O3/c1-11(2)27-18-14(20)7-13(8-15(18)21)10-26-16-9-17-23(4)12(3)5-6-24(17)19(25)22-16/h7-9,11-12H,5-6,10H2,1-4H3. The van der Waals surface area contributed by atoms with Crippen LogP contribution >= 0.6 is 0 Å². The number of hydrogen-bond acceptors (Lipinski definition) is 5. The van der Waals surface area contributed by atoms with Gasteiger partial charge in [0.2, 0.25) is 5.88 Å². The summed E-state index contributed by atoms with van der Waals surface area (Å²) in [6, 6.07) is 4.26. The highest BCUT2D eigenvalue weighted by Crippen LogP contribution is 2.26. The summed E-state index contributed by atoms with van der Waals surface area (Å²) in [5.74, 6) is -1.17. The number of halogens is 2. The summed E-state index contributed by atoms with van der Waals surface area (Å²) in [5.41, 5.74) is -0.123. The molecule has 1 aromatic carbocycles. The Labute approximate surface area is 156 Å². The molecule has 1 aromatic heterocycles. The molecule has 0 saturated carbocycles. The van der Waals surface area contributed by atoms with Crippen LogP contribution in [0.1, 0.15) is 32.8 Å². The van der Waals surface area contributed by atoms with Gasteiger partial charge >= 0.3 is 5.69 Å². The fraction of sp³-hybridized carbons (Fsp3) is 0.474. The number of benzene rings is 1. The van der Waals surface area contributed by atoms with Gasteiger partial charge in [0.25, 0.3) is 0 Å². The largest absolute Gasteiger partial charge is 0.485 e. The maximum atomic E-state index is 14.1. The van der Waals surface area contributed by atoms with Gasteiger partial charge < -0.3 is 14.4 Å². The molecular formula is C19H23F2N3O3. The van der Waals surface area contributed by atoms with E-state index in [0.717, 1.165) is 18.6 Å². The number of ether oxygens (including phenoxy) is 2. The minimum absolute atomic E-state index is 0.120. The lowest BCUT2D eigenvalue weighted by Gasteiger charge is -2.34. The van der Waals surface area contributed by atoms with Crippen LogP contribution in [0.2, 0.25) is 0 Å². The highest BCUT2D eigenvalue weighted by molar-refractivity contribution is 5.44. The zero-order valence-corrected chi connectivity index (χ0v) is 15.8. The second-order valence-electron chi connectivity index (χ2n) is 6.98. The molecule has 0 amide bonds. The quantitative estimate of drug-likeness (QED) is 0.799. The van der Waals surface area contributed by atoms with Crippen LogP contribution in [0.5, 0.6) is 11.6 Å². The smallest absolute Gasteiger partial charge is 0.352 e. The van der Waals surface area contributed by atoms with Crippen molar-refractivity contribution in [3.05, 3.63) is 45.9 Å². The summed E-state index contributed by atoms with van der Waals surface area (Å²) >= 11 is 0. The lowest BCUT2D eigenvalue weighted by Crippen LogP contribution is -2.41. The first-order chi connectivity index (χ1) is 12.8. The Hall–Kier alpha value is -2.64. The first kappa shape index (κ1) is 19.1.